The molecule has 0 atom stereocenters. The van der Waals surface area contributed by atoms with Gasteiger partial charge in [-0.05, 0) is 31.5 Å². The topological polar surface area (TPSA) is 64.5 Å². The molecule has 2 aromatic heterocycles. The molecule has 7 heteroatoms. The fraction of sp³-hybridized carbons (Fsp3) is 0.316. The van der Waals surface area contributed by atoms with Crippen LogP contribution in [-0.4, -0.2) is 42.7 Å². The molecule has 0 aliphatic rings. The van der Waals surface area contributed by atoms with Gasteiger partial charge in [-0.3, -0.25) is 0 Å². The Morgan fingerprint density at radius 1 is 1.23 bits per heavy atom. The number of esters is 1. The standard InChI is InChI=1S/C19H21N3O3S/c1-4-24-19(23)16-13(2)15-17(20-12-21-18(15)26-16)22(3)10-11-25-14-8-6-5-7-9-14/h5-9,12H,4,10-11H2,1-3H3. The summed E-state index contributed by atoms with van der Waals surface area (Å²) < 4.78 is 10.9. The number of ether oxygens (including phenoxy) is 2. The summed E-state index contributed by atoms with van der Waals surface area (Å²) in [4.78, 5) is 24.3. The zero-order valence-electron chi connectivity index (χ0n) is 15.1. The fourth-order valence-corrected chi connectivity index (χ4v) is 3.69. The van der Waals surface area contributed by atoms with Gasteiger partial charge in [-0.2, -0.15) is 0 Å². The maximum atomic E-state index is 12.2. The van der Waals surface area contributed by atoms with Crippen molar-refractivity contribution >= 4 is 33.3 Å². The van der Waals surface area contributed by atoms with E-state index >= 15 is 0 Å². The minimum atomic E-state index is -0.311. The first-order valence-corrected chi connectivity index (χ1v) is 9.23. The number of fused-ring (bicyclic) bond motifs is 1. The second-order valence-electron chi connectivity index (χ2n) is 5.74. The summed E-state index contributed by atoms with van der Waals surface area (Å²) >= 11 is 1.34. The van der Waals surface area contributed by atoms with E-state index in [2.05, 4.69) is 9.97 Å². The normalized spacial score (nSPS) is 10.7. The lowest BCUT2D eigenvalue weighted by Gasteiger charge is -2.19. The molecule has 3 rings (SSSR count). The van der Waals surface area contributed by atoms with E-state index in [4.69, 9.17) is 9.47 Å². The van der Waals surface area contributed by atoms with Gasteiger partial charge in [0.25, 0.3) is 0 Å². The summed E-state index contributed by atoms with van der Waals surface area (Å²) in [6.45, 7) is 5.24. The molecule has 3 aromatic rings. The molecule has 0 aliphatic carbocycles. The number of thiophene rings is 1. The zero-order chi connectivity index (χ0) is 18.5. The Morgan fingerprint density at radius 3 is 2.73 bits per heavy atom. The number of aryl methyl sites for hydroxylation is 1. The first-order chi connectivity index (χ1) is 12.6. The van der Waals surface area contributed by atoms with E-state index in [9.17, 15) is 4.79 Å². The van der Waals surface area contributed by atoms with Crippen LogP contribution >= 0.6 is 11.3 Å². The maximum Gasteiger partial charge on any atom is 0.348 e. The largest absolute Gasteiger partial charge is 0.492 e. The first-order valence-electron chi connectivity index (χ1n) is 8.42. The number of carbonyl (C=O) groups is 1. The number of hydrogen-bond acceptors (Lipinski definition) is 7. The molecule has 1 aromatic carbocycles. The summed E-state index contributed by atoms with van der Waals surface area (Å²) in [5.41, 5.74) is 0.856. The third-order valence-electron chi connectivity index (χ3n) is 3.97. The van der Waals surface area contributed by atoms with Crippen LogP contribution in [0, 0.1) is 6.92 Å². The van der Waals surface area contributed by atoms with Crippen LogP contribution in [0.15, 0.2) is 36.7 Å². The van der Waals surface area contributed by atoms with Crippen molar-refractivity contribution in [1.29, 1.82) is 0 Å². The average molecular weight is 371 g/mol. The number of benzene rings is 1. The Labute approximate surface area is 156 Å². The average Bonchev–Trinajstić information content (AvgIpc) is 3.00. The minimum absolute atomic E-state index is 0.311. The summed E-state index contributed by atoms with van der Waals surface area (Å²) in [5, 5.41) is 0.891. The van der Waals surface area contributed by atoms with Gasteiger partial charge in [0.2, 0.25) is 0 Å². The number of rotatable bonds is 7. The van der Waals surface area contributed by atoms with Gasteiger partial charge in [-0.15, -0.1) is 11.3 Å². The van der Waals surface area contributed by atoms with Crippen molar-refractivity contribution in [2.45, 2.75) is 13.8 Å². The Hall–Kier alpha value is -2.67. The van der Waals surface area contributed by atoms with Crippen LogP contribution in [0.1, 0.15) is 22.2 Å². The Kier molecular flexibility index (Phi) is 5.68. The number of likely N-dealkylation sites (N-methyl/N-ethyl adjacent to an activating group) is 1. The van der Waals surface area contributed by atoms with Gasteiger partial charge in [0, 0.05) is 7.05 Å². The van der Waals surface area contributed by atoms with Gasteiger partial charge >= 0.3 is 5.97 Å². The van der Waals surface area contributed by atoms with Crippen LogP contribution in [-0.2, 0) is 4.74 Å². The quantitative estimate of drug-likeness (QED) is 0.590. The second-order valence-corrected chi connectivity index (χ2v) is 6.74. The summed E-state index contributed by atoms with van der Waals surface area (Å²) in [7, 11) is 1.96. The number of anilines is 1. The van der Waals surface area contributed by atoms with Gasteiger partial charge in [0.1, 0.15) is 34.2 Å². The van der Waals surface area contributed by atoms with Crippen LogP contribution < -0.4 is 9.64 Å². The molecule has 0 fully saturated rings. The van der Waals surface area contributed by atoms with Crippen LogP contribution in [0.4, 0.5) is 5.82 Å². The molecule has 6 nitrogen and oxygen atoms in total. The van der Waals surface area contributed by atoms with Crippen molar-refractivity contribution in [3.8, 4) is 5.75 Å². The highest BCUT2D eigenvalue weighted by Crippen LogP contribution is 2.34. The highest BCUT2D eigenvalue weighted by molar-refractivity contribution is 7.20. The van der Waals surface area contributed by atoms with Crippen LogP contribution in [0.2, 0.25) is 0 Å². The molecule has 0 spiro atoms. The number of para-hydroxylation sites is 1. The lowest BCUT2D eigenvalue weighted by molar-refractivity contribution is 0.0531. The van der Waals surface area contributed by atoms with Crippen molar-refractivity contribution in [2.24, 2.45) is 0 Å². The summed E-state index contributed by atoms with van der Waals surface area (Å²) in [5.74, 6) is 1.31. The molecule has 0 N–H and O–H groups in total. The van der Waals surface area contributed by atoms with Gasteiger partial charge < -0.3 is 14.4 Å². The lowest BCUT2D eigenvalue weighted by Crippen LogP contribution is -2.25. The molecule has 0 amide bonds. The zero-order valence-corrected chi connectivity index (χ0v) is 15.9. The van der Waals surface area contributed by atoms with E-state index < -0.39 is 0 Å². The van der Waals surface area contributed by atoms with Crippen molar-refractivity contribution in [2.75, 3.05) is 31.7 Å². The third-order valence-corrected chi connectivity index (χ3v) is 5.15. The van der Waals surface area contributed by atoms with E-state index in [1.807, 2.05) is 49.2 Å². The number of hydrogen-bond donors (Lipinski definition) is 0. The van der Waals surface area contributed by atoms with E-state index in [0.29, 0.717) is 24.6 Å². The SMILES string of the molecule is CCOC(=O)c1sc2ncnc(N(C)CCOc3ccccc3)c2c1C. The summed E-state index contributed by atoms with van der Waals surface area (Å²) in [6, 6.07) is 9.70. The molecule has 136 valence electrons. The van der Waals surface area contributed by atoms with Gasteiger partial charge in [-0.25, -0.2) is 14.8 Å². The number of aromatic nitrogens is 2. The van der Waals surface area contributed by atoms with Gasteiger partial charge in [-0.1, -0.05) is 18.2 Å². The number of nitrogens with zero attached hydrogens (tertiary/aromatic N) is 3. The van der Waals surface area contributed by atoms with E-state index in [0.717, 1.165) is 27.3 Å². The number of carbonyl (C=O) groups excluding carboxylic acids is 1. The predicted octanol–water partition coefficient (Wildman–Crippen LogP) is 3.69. The van der Waals surface area contributed by atoms with Crippen molar-refractivity contribution in [3.63, 3.8) is 0 Å². The molecule has 0 saturated carbocycles. The molecule has 0 unspecified atom stereocenters. The monoisotopic (exact) mass is 371 g/mol. The van der Waals surface area contributed by atoms with Gasteiger partial charge in [0.15, 0.2) is 0 Å². The van der Waals surface area contributed by atoms with E-state index in [1.165, 1.54) is 17.7 Å². The smallest absolute Gasteiger partial charge is 0.348 e. The van der Waals surface area contributed by atoms with Crippen LogP contribution in [0.3, 0.4) is 0 Å². The molecule has 26 heavy (non-hydrogen) atoms. The molecular formula is C19H21N3O3S. The Bertz CT molecular complexity index is 896. The molecule has 0 bridgehead atoms. The van der Waals surface area contributed by atoms with Crippen LogP contribution in [0.25, 0.3) is 10.2 Å². The summed E-state index contributed by atoms with van der Waals surface area (Å²) in [6.07, 6.45) is 1.52. The third kappa shape index (κ3) is 3.77. The fourth-order valence-electron chi connectivity index (χ4n) is 2.66. The van der Waals surface area contributed by atoms with Crippen LogP contribution in [0.5, 0.6) is 5.75 Å². The molecule has 2 heterocycles. The molecular weight excluding hydrogens is 350 g/mol. The molecule has 0 aliphatic heterocycles. The highest BCUT2D eigenvalue weighted by atomic mass is 32.1. The van der Waals surface area contributed by atoms with Crippen molar-refractivity contribution in [3.05, 3.63) is 47.1 Å². The van der Waals surface area contributed by atoms with Crippen molar-refractivity contribution < 1.29 is 14.3 Å². The Balaban J connectivity index is 1.79. The van der Waals surface area contributed by atoms with Crippen molar-refractivity contribution in [1.82, 2.24) is 9.97 Å². The first kappa shape index (κ1) is 18.1. The molecule has 0 radical (unpaired) electrons. The molecule has 0 saturated heterocycles. The van der Waals surface area contributed by atoms with E-state index in [1.54, 1.807) is 6.92 Å². The maximum absolute atomic E-state index is 12.2. The van der Waals surface area contributed by atoms with E-state index in [-0.39, 0.29) is 5.97 Å². The second kappa shape index (κ2) is 8.14. The highest BCUT2D eigenvalue weighted by Gasteiger charge is 2.21. The lowest BCUT2D eigenvalue weighted by atomic mass is 10.2. The van der Waals surface area contributed by atoms with Gasteiger partial charge in [0.05, 0.1) is 18.5 Å². The Morgan fingerprint density at radius 2 is 2.00 bits per heavy atom. The minimum Gasteiger partial charge on any atom is -0.492 e. The predicted molar refractivity (Wildman–Crippen MR) is 103 cm³/mol.